The Morgan fingerprint density at radius 3 is 3.00 bits per heavy atom. The molecule has 120 valence electrons. The van der Waals surface area contributed by atoms with Crippen molar-refractivity contribution in [3.05, 3.63) is 34.5 Å². The Balaban J connectivity index is 2.22. The zero-order valence-electron chi connectivity index (χ0n) is 13.2. The van der Waals surface area contributed by atoms with Crippen LogP contribution < -0.4 is 4.90 Å². The molecule has 2 heterocycles. The summed E-state index contributed by atoms with van der Waals surface area (Å²) < 4.78 is 12.0. The fourth-order valence-corrected chi connectivity index (χ4v) is 4.79. The fourth-order valence-electron chi connectivity index (χ4n) is 3.14. The minimum absolute atomic E-state index is 0.313. The van der Waals surface area contributed by atoms with Crippen LogP contribution in [0.5, 0.6) is 0 Å². The number of rotatable bonds is 1. The number of hydrogen-bond acceptors (Lipinski definition) is 4. The summed E-state index contributed by atoms with van der Waals surface area (Å²) in [6.45, 7) is 5.54. The number of halogens is 1. The van der Waals surface area contributed by atoms with Crippen molar-refractivity contribution in [3.63, 3.8) is 0 Å². The number of aromatic nitrogens is 1. The molecule has 3 rings (SSSR count). The van der Waals surface area contributed by atoms with E-state index >= 15 is 0 Å². The van der Waals surface area contributed by atoms with E-state index in [4.69, 9.17) is 11.6 Å². The number of nitrogens with zero attached hydrogens (tertiary/aromatic N) is 3. The molecule has 0 aliphatic carbocycles. The molecule has 0 radical (unpaired) electrons. The SMILES string of the molecule is Cc1cc(Cl)c2ncc(C#N)c(N3CC[S@](=O)C[C@H](C)C3)c2c1. The van der Waals surface area contributed by atoms with Gasteiger partial charge in [-0.25, -0.2) is 0 Å². The van der Waals surface area contributed by atoms with Crippen LogP contribution in [0.15, 0.2) is 18.3 Å². The molecule has 0 spiro atoms. The number of aryl methyl sites for hydroxylation is 1. The molecule has 1 saturated heterocycles. The molecule has 4 nitrogen and oxygen atoms in total. The highest BCUT2D eigenvalue weighted by atomic mass is 35.5. The maximum Gasteiger partial charge on any atom is 0.103 e. The first-order valence-corrected chi connectivity index (χ1v) is 9.45. The minimum atomic E-state index is -0.799. The van der Waals surface area contributed by atoms with Crippen molar-refractivity contribution in [2.24, 2.45) is 5.92 Å². The lowest BCUT2D eigenvalue weighted by Gasteiger charge is -2.27. The van der Waals surface area contributed by atoms with E-state index in [1.54, 1.807) is 6.20 Å². The summed E-state index contributed by atoms with van der Waals surface area (Å²) in [6, 6.07) is 6.15. The zero-order valence-corrected chi connectivity index (χ0v) is 14.7. The number of fused-ring (bicyclic) bond motifs is 1. The van der Waals surface area contributed by atoms with Crippen molar-refractivity contribution < 1.29 is 4.21 Å². The van der Waals surface area contributed by atoms with Crippen LogP contribution in [0.3, 0.4) is 0 Å². The molecular weight excluding hydrogens is 330 g/mol. The van der Waals surface area contributed by atoms with Crippen molar-refractivity contribution in [1.29, 1.82) is 5.26 Å². The van der Waals surface area contributed by atoms with Crippen LogP contribution in [0.2, 0.25) is 5.02 Å². The number of pyridine rings is 1. The third kappa shape index (κ3) is 3.19. The van der Waals surface area contributed by atoms with Crippen molar-refractivity contribution in [2.75, 3.05) is 29.5 Å². The average Bonchev–Trinajstić information content (AvgIpc) is 2.66. The van der Waals surface area contributed by atoms with E-state index in [9.17, 15) is 9.47 Å². The highest BCUT2D eigenvalue weighted by Crippen LogP contribution is 2.34. The molecule has 0 saturated carbocycles. The van der Waals surface area contributed by atoms with Gasteiger partial charge in [-0.05, 0) is 30.5 Å². The van der Waals surface area contributed by atoms with E-state index in [-0.39, 0.29) is 0 Å². The van der Waals surface area contributed by atoms with Crippen LogP contribution in [0.25, 0.3) is 10.9 Å². The monoisotopic (exact) mass is 347 g/mol. The number of benzene rings is 1. The summed E-state index contributed by atoms with van der Waals surface area (Å²) in [7, 11) is -0.799. The van der Waals surface area contributed by atoms with Crippen molar-refractivity contribution in [3.8, 4) is 6.07 Å². The van der Waals surface area contributed by atoms with Gasteiger partial charge in [0.05, 0.1) is 21.8 Å². The maximum atomic E-state index is 12.0. The summed E-state index contributed by atoms with van der Waals surface area (Å²) in [5.74, 6) is 1.65. The molecule has 0 N–H and O–H groups in total. The number of nitriles is 1. The van der Waals surface area contributed by atoms with Crippen LogP contribution in [0.1, 0.15) is 18.1 Å². The van der Waals surface area contributed by atoms with Gasteiger partial charge in [-0.15, -0.1) is 0 Å². The third-order valence-corrected chi connectivity index (χ3v) is 5.94. The number of hydrogen-bond donors (Lipinski definition) is 0. The standard InChI is InChI=1S/C17H18ClN3OS/c1-11-5-14-16(15(18)6-11)20-8-13(7-19)17(14)21-3-4-23(22)10-12(2)9-21/h5-6,8,12H,3-4,9-10H2,1-2H3/t12-,23+/m1/s1. The lowest BCUT2D eigenvalue weighted by Crippen LogP contribution is -2.30. The Morgan fingerprint density at radius 1 is 1.48 bits per heavy atom. The Kier molecular flexibility index (Phi) is 4.56. The second-order valence-electron chi connectivity index (χ2n) is 6.14. The summed E-state index contributed by atoms with van der Waals surface area (Å²) >= 11 is 6.34. The van der Waals surface area contributed by atoms with Crippen LogP contribution >= 0.6 is 11.6 Å². The molecule has 0 bridgehead atoms. The first kappa shape index (κ1) is 16.2. The smallest absolute Gasteiger partial charge is 0.103 e. The quantitative estimate of drug-likeness (QED) is 0.794. The Morgan fingerprint density at radius 2 is 2.26 bits per heavy atom. The van der Waals surface area contributed by atoms with Gasteiger partial charge in [0.1, 0.15) is 6.07 Å². The Bertz CT molecular complexity index is 831. The van der Waals surface area contributed by atoms with Gasteiger partial charge in [0.25, 0.3) is 0 Å². The molecular formula is C17H18ClN3OS. The van der Waals surface area contributed by atoms with Crippen LogP contribution in [0, 0.1) is 24.2 Å². The molecule has 1 aromatic carbocycles. The predicted molar refractivity (Wildman–Crippen MR) is 95.5 cm³/mol. The second kappa shape index (κ2) is 6.46. The fraction of sp³-hybridized carbons (Fsp3) is 0.412. The van der Waals surface area contributed by atoms with Gasteiger partial charge in [-0.1, -0.05) is 18.5 Å². The van der Waals surface area contributed by atoms with Crippen molar-refractivity contribution in [2.45, 2.75) is 13.8 Å². The lowest BCUT2D eigenvalue weighted by molar-refractivity contribution is 0.631. The van der Waals surface area contributed by atoms with Crippen molar-refractivity contribution >= 4 is 39.0 Å². The second-order valence-corrected chi connectivity index (χ2v) is 8.17. The minimum Gasteiger partial charge on any atom is -0.369 e. The molecule has 2 aromatic rings. The predicted octanol–water partition coefficient (Wildman–Crippen LogP) is 3.27. The molecule has 1 aliphatic rings. The van der Waals surface area contributed by atoms with Gasteiger partial charge in [0, 0.05) is 47.0 Å². The van der Waals surface area contributed by atoms with E-state index in [2.05, 4.69) is 22.9 Å². The topological polar surface area (TPSA) is 57.0 Å². The van der Waals surface area contributed by atoms with Gasteiger partial charge in [0.2, 0.25) is 0 Å². The van der Waals surface area contributed by atoms with E-state index in [0.717, 1.165) is 23.2 Å². The van der Waals surface area contributed by atoms with E-state index < -0.39 is 10.8 Å². The first-order valence-electron chi connectivity index (χ1n) is 7.58. The summed E-state index contributed by atoms with van der Waals surface area (Å²) in [6.07, 6.45) is 1.59. The molecule has 6 heteroatoms. The summed E-state index contributed by atoms with van der Waals surface area (Å²) in [4.78, 5) is 6.54. The van der Waals surface area contributed by atoms with Gasteiger partial charge < -0.3 is 4.90 Å². The van der Waals surface area contributed by atoms with Crippen LogP contribution in [0.4, 0.5) is 5.69 Å². The molecule has 2 atom stereocenters. The van der Waals surface area contributed by atoms with E-state index in [1.165, 1.54) is 0 Å². The van der Waals surface area contributed by atoms with Gasteiger partial charge in [-0.3, -0.25) is 9.19 Å². The summed E-state index contributed by atoms with van der Waals surface area (Å²) in [5, 5.41) is 11.0. The highest BCUT2D eigenvalue weighted by molar-refractivity contribution is 7.85. The molecule has 1 fully saturated rings. The van der Waals surface area contributed by atoms with Gasteiger partial charge in [-0.2, -0.15) is 5.26 Å². The van der Waals surface area contributed by atoms with Crippen LogP contribution in [-0.4, -0.2) is 33.8 Å². The highest BCUT2D eigenvalue weighted by Gasteiger charge is 2.23. The third-order valence-electron chi connectivity index (χ3n) is 4.07. The van der Waals surface area contributed by atoms with Gasteiger partial charge >= 0.3 is 0 Å². The maximum absolute atomic E-state index is 12.0. The van der Waals surface area contributed by atoms with Crippen molar-refractivity contribution in [1.82, 2.24) is 4.98 Å². The average molecular weight is 348 g/mol. The number of anilines is 1. The Hall–Kier alpha value is -1.64. The zero-order chi connectivity index (χ0) is 16.6. The lowest BCUT2D eigenvalue weighted by atomic mass is 10.0. The first-order chi connectivity index (χ1) is 11.0. The largest absolute Gasteiger partial charge is 0.369 e. The normalized spacial score (nSPS) is 21.9. The molecule has 1 aliphatic heterocycles. The molecule has 0 unspecified atom stereocenters. The van der Waals surface area contributed by atoms with Gasteiger partial charge in [0.15, 0.2) is 0 Å². The van der Waals surface area contributed by atoms with E-state index in [0.29, 0.717) is 40.1 Å². The van der Waals surface area contributed by atoms with Crippen LogP contribution in [-0.2, 0) is 10.8 Å². The molecule has 1 aromatic heterocycles. The molecule has 23 heavy (non-hydrogen) atoms. The summed E-state index contributed by atoms with van der Waals surface area (Å²) in [5.41, 5.74) is 3.16. The Labute approximate surface area is 143 Å². The molecule has 0 amide bonds. The van der Waals surface area contributed by atoms with E-state index in [1.807, 2.05) is 19.1 Å².